The molecule has 0 saturated heterocycles. The van der Waals surface area contributed by atoms with Gasteiger partial charge in [-0.1, -0.05) is 17.7 Å². The van der Waals surface area contributed by atoms with Crippen LogP contribution in [-0.4, -0.2) is 22.9 Å². The van der Waals surface area contributed by atoms with Gasteiger partial charge in [0.05, 0.1) is 23.8 Å². The quantitative estimate of drug-likeness (QED) is 0.532. The highest BCUT2D eigenvalue weighted by atomic mass is 35.5. The van der Waals surface area contributed by atoms with E-state index in [1.807, 2.05) is 0 Å². The van der Waals surface area contributed by atoms with Crippen LogP contribution in [0.25, 0.3) is 0 Å². The number of nitro groups is 1. The fourth-order valence-corrected chi connectivity index (χ4v) is 1.78. The van der Waals surface area contributed by atoms with E-state index in [2.05, 4.69) is 10.3 Å². The van der Waals surface area contributed by atoms with Crippen molar-refractivity contribution in [3.63, 3.8) is 0 Å². The highest BCUT2D eigenvalue weighted by Crippen LogP contribution is 2.29. The normalized spacial score (nSPS) is 10.0. The molecule has 108 valence electrons. The van der Waals surface area contributed by atoms with Crippen molar-refractivity contribution in [2.24, 2.45) is 0 Å². The molecular formula is C13H10ClN3O4. The molecule has 2 rings (SSSR count). The van der Waals surface area contributed by atoms with Gasteiger partial charge in [0.2, 0.25) is 0 Å². The maximum absolute atomic E-state index is 12.0. The molecule has 0 atom stereocenters. The average Bonchev–Trinajstić information content (AvgIpc) is 2.47. The third kappa shape index (κ3) is 3.46. The van der Waals surface area contributed by atoms with Crippen LogP contribution < -0.4 is 10.1 Å². The molecule has 0 spiro atoms. The van der Waals surface area contributed by atoms with Gasteiger partial charge < -0.3 is 10.1 Å². The summed E-state index contributed by atoms with van der Waals surface area (Å²) < 4.78 is 5.03. The molecule has 1 amide bonds. The van der Waals surface area contributed by atoms with Crippen LogP contribution in [0.2, 0.25) is 5.15 Å². The third-order valence-corrected chi connectivity index (χ3v) is 2.80. The minimum absolute atomic E-state index is 0.128. The minimum atomic E-state index is -0.549. The lowest BCUT2D eigenvalue weighted by molar-refractivity contribution is -0.384. The first kappa shape index (κ1) is 14.7. The number of pyridine rings is 1. The van der Waals surface area contributed by atoms with Crippen molar-refractivity contribution in [2.75, 3.05) is 12.4 Å². The van der Waals surface area contributed by atoms with Crippen LogP contribution in [0.4, 0.5) is 11.4 Å². The van der Waals surface area contributed by atoms with Gasteiger partial charge in [-0.2, -0.15) is 0 Å². The number of carbonyl (C=O) groups excluding carboxylic acids is 1. The molecule has 21 heavy (non-hydrogen) atoms. The van der Waals surface area contributed by atoms with E-state index in [0.717, 1.165) is 0 Å². The number of hydrogen-bond acceptors (Lipinski definition) is 5. The second-order valence-electron chi connectivity index (χ2n) is 3.94. The highest BCUT2D eigenvalue weighted by molar-refractivity contribution is 6.29. The van der Waals surface area contributed by atoms with E-state index in [1.165, 1.54) is 31.4 Å². The molecule has 0 aliphatic rings. The Morgan fingerprint density at radius 3 is 2.76 bits per heavy atom. The summed E-state index contributed by atoms with van der Waals surface area (Å²) in [6, 6.07) is 8.52. The van der Waals surface area contributed by atoms with Crippen LogP contribution >= 0.6 is 11.6 Å². The monoisotopic (exact) mass is 307 g/mol. The Morgan fingerprint density at radius 2 is 2.14 bits per heavy atom. The summed E-state index contributed by atoms with van der Waals surface area (Å²) in [4.78, 5) is 26.1. The van der Waals surface area contributed by atoms with E-state index in [-0.39, 0.29) is 22.3 Å². The summed E-state index contributed by atoms with van der Waals surface area (Å²) in [6.45, 7) is 0. The van der Waals surface area contributed by atoms with Crippen molar-refractivity contribution in [1.82, 2.24) is 4.98 Å². The van der Waals surface area contributed by atoms with Crippen molar-refractivity contribution < 1.29 is 14.5 Å². The van der Waals surface area contributed by atoms with Crippen molar-refractivity contribution >= 4 is 28.9 Å². The molecule has 0 bridgehead atoms. The molecule has 1 heterocycles. The van der Waals surface area contributed by atoms with Gasteiger partial charge in [-0.25, -0.2) is 4.98 Å². The predicted molar refractivity (Wildman–Crippen MR) is 76.8 cm³/mol. The van der Waals surface area contributed by atoms with Gasteiger partial charge in [-0.3, -0.25) is 14.9 Å². The Kier molecular flexibility index (Phi) is 4.34. The molecular weight excluding hydrogens is 298 g/mol. The molecule has 1 aromatic heterocycles. The summed E-state index contributed by atoms with van der Waals surface area (Å²) in [5.41, 5.74) is 0.295. The third-order valence-electron chi connectivity index (χ3n) is 2.59. The molecule has 8 heteroatoms. The van der Waals surface area contributed by atoms with Gasteiger partial charge in [0.15, 0.2) is 0 Å². The van der Waals surface area contributed by atoms with E-state index in [0.29, 0.717) is 5.69 Å². The molecule has 0 radical (unpaired) electrons. The molecule has 0 saturated carbocycles. The van der Waals surface area contributed by atoms with E-state index < -0.39 is 10.8 Å². The molecule has 1 N–H and O–H groups in total. The SMILES string of the molecule is COc1cc([N+](=O)[O-])ccc1NC(=O)c1cccc(Cl)n1. The van der Waals surface area contributed by atoms with Gasteiger partial charge in [-0.15, -0.1) is 0 Å². The number of nitrogens with zero attached hydrogens (tertiary/aromatic N) is 2. The minimum Gasteiger partial charge on any atom is -0.494 e. The summed E-state index contributed by atoms with van der Waals surface area (Å²) in [5.74, 6) is -0.316. The van der Waals surface area contributed by atoms with Crippen LogP contribution in [0.3, 0.4) is 0 Å². The standard InChI is InChI=1S/C13H10ClN3O4/c1-21-11-7-8(17(19)20)5-6-9(11)16-13(18)10-3-2-4-12(14)15-10/h2-7H,1H3,(H,16,18). The second kappa shape index (κ2) is 6.19. The molecule has 1 aromatic carbocycles. The summed E-state index contributed by atoms with van der Waals surface area (Å²) in [6.07, 6.45) is 0. The van der Waals surface area contributed by atoms with E-state index >= 15 is 0 Å². The number of anilines is 1. The fourth-order valence-electron chi connectivity index (χ4n) is 1.62. The van der Waals surface area contributed by atoms with E-state index in [1.54, 1.807) is 12.1 Å². The number of non-ortho nitro benzene ring substituents is 1. The van der Waals surface area contributed by atoms with Gasteiger partial charge in [-0.05, 0) is 18.2 Å². The maximum Gasteiger partial charge on any atom is 0.274 e. The topological polar surface area (TPSA) is 94.4 Å². The van der Waals surface area contributed by atoms with Crippen LogP contribution in [-0.2, 0) is 0 Å². The summed E-state index contributed by atoms with van der Waals surface area (Å²) >= 11 is 5.72. The largest absolute Gasteiger partial charge is 0.494 e. The first-order valence-electron chi connectivity index (χ1n) is 5.77. The zero-order valence-corrected chi connectivity index (χ0v) is 11.6. The van der Waals surface area contributed by atoms with E-state index in [9.17, 15) is 14.9 Å². The first-order valence-corrected chi connectivity index (χ1v) is 6.15. The Balaban J connectivity index is 2.27. The van der Waals surface area contributed by atoms with Crippen molar-refractivity contribution in [3.05, 3.63) is 57.4 Å². The fraction of sp³-hybridized carbons (Fsp3) is 0.0769. The number of rotatable bonds is 4. The molecule has 2 aromatic rings. The number of ether oxygens (including phenoxy) is 1. The summed E-state index contributed by atoms with van der Waals surface area (Å²) in [7, 11) is 1.35. The van der Waals surface area contributed by atoms with E-state index in [4.69, 9.17) is 16.3 Å². The first-order chi connectivity index (χ1) is 10.0. The number of halogens is 1. The van der Waals surface area contributed by atoms with Gasteiger partial charge in [0.25, 0.3) is 11.6 Å². The maximum atomic E-state index is 12.0. The second-order valence-corrected chi connectivity index (χ2v) is 4.33. The molecule has 7 nitrogen and oxygen atoms in total. The predicted octanol–water partition coefficient (Wildman–Crippen LogP) is 2.90. The number of carbonyl (C=O) groups is 1. The van der Waals surface area contributed by atoms with Gasteiger partial charge in [0.1, 0.15) is 16.6 Å². The lowest BCUT2D eigenvalue weighted by Gasteiger charge is -2.09. The summed E-state index contributed by atoms with van der Waals surface area (Å²) in [5, 5.41) is 13.5. The smallest absolute Gasteiger partial charge is 0.274 e. The zero-order valence-electron chi connectivity index (χ0n) is 10.9. The van der Waals surface area contributed by atoms with Crippen LogP contribution in [0, 0.1) is 10.1 Å². The average molecular weight is 308 g/mol. The number of nitro benzene ring substituents is 1. The molecule has 0 aliphatic heterocycles. The Bertz CT molecular complexity index is 706. The number of nitrogens with one attached hydrogen (secondary N) is 1. The number of aromatic nitrogens is 1. The van der Waals surface area contributed by atoms with Crippen LogP contribution in [0.1, 0.15) is 10.5 Å². The number of benzene rings is 1. The molecule has 0 fully saturated rings. The lowest BCUT2D eigenvalue weighted by atomic mass is 10.2. The van der Waals surface area contributed by atoms with Gasteiger partial charge in [0, 0.05) is 6.07 Å². The number of amides is 1. The Morgan fingerprint density at radius 1 is 1.38 bits per heavy atom. The van der Waals surface area contributed by atoms with Crippen LogP contribution in [0.5, 0.6) is 5.75 Å². The molecule has 0 unspecified atom stereocenters. The van der Waals surface area contributed by atoms with Crippen LogP contribution in [0.15, 0.2) is 36.4 Å². The number of methoxy groups -OCH3 is 1. The molecule has 0 aliphatic carbocycles. The Hall–Kier alpha value is -2.67. The number of hydrogen-bond donors (Lipinski definition) is 1. The zero-order chi connectivity index (χ0) is 15.4. The van der Waals surface area contributed by atoms with Gasteiger partial charge >= 0.3 is 0 Å². The van der Waals surface area contributed by atoms with Crippen molar-refractivity contribution in [3.8, 4) is 5.75 Å². The van der Waals surface area contributed by atoms with Crippen molar-refractivity contribution in [2.45, 2.75) is 0 Å². The van der Waals surface area contributed by atoms with Crippen molar-refractivity contribution in [1.29, 1.82) is 0 Å². The lowest BCUT2D eigenvalue weighted by Crippen LogP contribution is -2.14. The highest BCUT2D eigenvalue weighted by Gasteiger charge is 2.15. The Labute approximate surface area is 124 Å².